The van der Waals surface area contributed by atoms with E-state index in [2.05, 4.69) is 10.3 Å². The third-order valence-electron chi connectivity index (χ3n) is 1.62. The van der Waals surface area contributed by atoms with Gasteiger partial charge in [0, 0.05) is 6.07 Å². The quantitative estimate of drug-likeness (QED) is 0.756. The molecule has 0 spiro atoms. The maximum absolute atomic E-state index is 11.5. The summed E-state index contributed by atoms with van der Waals surface area (Å²) in [7, 11) is 0. The lowest BCUT2D eigenvalue weighted by Gasteiger charge is -2.20. The molecule has 0 aliphatic heterocycles. The van der Waals surface area contributed by atoms with E-state index in [1.54, 1.807) is 20.8 Å². The summed E-state index contributed by atoms with van der Waals surface area (Å²) in [6.45, 7) is 9.26. The summed E-state index contributed by atoms with van der Waals surface area (Å²) >= 11 is 11.4. The van der Waals surface area contributed by atoms with Crippen LogP contribution in [-0.2, 0) is 4.74 Å². The summed E-state index contributed by atoms with van der Waals surface area (Å²) in [6, 6.07) is 1.40. The molecular weight excluding hydrogens is 289 g/mol. The smallest absolute Gasteiger partial charge is 0.412 e. The number of rotatable bonds is 1. The number of carbonyl (C=O) groups is 1. The summed E-state index contributed by atoms with van der Waals surface area (Å²) in [6.07, 6.45) is -0.637. The van der Waals surface area contributed by atoms with Crippen molar-refractivity contribution >= 4 is 40.7 Å². The highest BCUT2D eigenvalue weighted by Gasteiger charge is 2.18. The molecule has 0 radical (unpaired) electrons. The zero-order valence-corrected chi connectivity index (χ0v) is 13.2. The molecule has 0 saturated heterocycles. The lowest BCUT2D eigenvalue weighted by Crippen LogP contribution is -2.27. The predicted molar refractivity (Wildman–Crippen MR) is 79.9 cm³/mol. The molecule has 1 aromatic rings. The average molecular weight is 308 g/mol. The first kappa shape index (κ1) is 17.8. The van der Waals surface area contributed by atoms with E-state index in [-0.39, 0.29) is 21.7 Å². The van der Waals surface area contributed by atoms with Crippen LogP contribution in [0.25, 0.3) is 0 Å². The van der Waals surface area contributed by atoms with E-state index in [0.717, 1.165) is 0 Å². The second kappa shape index (κ2) is 7.40. The van der Waals surface area contributed by atoms with Gasteiger partial charge >= 0.3 is 6.09 Å². The maximum Gasteiger partial charge on any atom is 0.412 e. The summed E-state index contributed by atoms with van der Waals surface area (Å²) < 4.78 is 5.06. The van der Waals surface area contributed by atoms with Crippen molar-refractivity contribution in [2.24, 2.45) is 0 Å². The minimum atomic E-state index is -0.637. The second-order valence-corrected chi connectivity index (χ2v) is 5.07. The molecule has 108 valence electrons. The van der Waals surface area contributed by atoms with Crippen LogP contribution in [0.3, 0.4) is 0 Å². The number of hydrogen-bond donors (Lipinski definition) is 2. The lowest BCUT2D eigenvalue weighted by molar-refractivity contribution is 0.0636. The van der Waals surface area contributed by atoms with Gasteiger partial charge in [0.15, 0.2) is 5.15 Å². The molecule has 0 atom stereocenters. The Hall–Kier alpha value is -1.20. The number of hydrogen-bond acceptors (Lipinski definition) is 4. The van der Waals surface area contributed by atoms with Gasteiger partial charge in [-0.05, 0) is 20.8 Å². The van der Waals surface area contributed by atoms with Gasteiger partial charge in [0.25, 0.3) is 0 Å². The van der Waals surface area contributed by atoms with Crippen LogP contribution in [0.4, 0.5) is 16.2 Å². The molecule has 0 unspecified atom stereocenters. The van der Waals surface area contributed by atoms with Gasteiger partial charge < -0.3 is 10.5 Å². The summed E-state index contributed by atoms with van der Waals surface area (Å²) in [4.78, 5) is 15.2. The zero-order chi connectivity index (χ0) is 15.2. The van der Waals surface area contributed by atoms with Gasteiger partial charge in [0.2, 0.25) is 0 Å². The zero-order valence-electron chi connectivity index (χ0n) is 11.7. The van der Waals surface area contributed by atoms with Gasteiger partial charge in [-0.15, -0.1) is 0 Å². The Morgan fingerprint density at radius 2 is 1.89 bits per heavy atom. The standard InChI is InChI=1S/C10H13Cl2N3O2.C2H6/c1-10(2,3)17-9(16)14-5-4-6(11)15-8(12)7(5)13;1-2/h4H,13H2,1-3H3,(H,14,15,16);1-2H3. The van der Waals surface area contributed by atoms with Gasteiger partial charge in [-0.3, -0.25) is 5.32 Å². The van der Waals surface area contributed by atoms with Crippen molar-refractivity contribution in [3.8, 4) is 0 Å². The number of aromatic nitrogens is 1. The Morgan fingerprint density at radius 1 is 1.37 bits per heavy atom. The van der Waals surface area contributed by atoms with E-state index in [9.17, 15) is 4.79 Å². The van der Waals surface area contributed by atoms with E-state index in [1.807, 2.05) is 13.8 Å². The van der Waals surface area contributed by atoms with Crippen LogP contribution in [0.5, 0.6) is 0 Å². The Morgan fingerprint density at radius 3 is 2.37 bits per heavy atom. The highest BCUT2D eigenvalue weighted by Crippen LogP contribution is 2.28. The van der Waals surface area contributed by atoms with E-state index in [4.69, 9.17) is 33.7 Å². The number of anilines is 2. The minimum absolute atomic E-state index is 0.0311. The number of carbonyl (C=O) groups excluding carboxylic acids is 1. The molecular formula is C12H19Cl2N3O2. The van der Waals surface area contributed by atoms with Crippen molar-refractivity contribution in [1.29, 1.82) is 0 Å². The number of halogens is 2. The molecule has 3 N–H and O–H groups in total. The van der Waals surface area contributed by atoms with Crippen LogP contribution in [0.15, 0.2) is 6.07 Å². The minimum Gasteiger partial charge on any atom is -0.444 e. The van der Waals surface area contributed by atoms with Crippen LogP contribution in [0.1, 0.15) is 34.6 Å². The lowest BCUT2D eigenvalue weighted by atomic mass is 10.2. The molecule has 1 aromatic heterocycles. The Balaban J connectivity index is 0.00000154. The van der Waals surface area contributed by atoms with Gasteiger partial charge in [0.1, 0.15) is 10.8 Å². The molecule has 7 heteroatoms. The van der Waals surface area contributed by atoms with Crippen molar-refractivity contribution in [2.75, 3.05) is 11.1 Å². The van der Waals surface area contributed by atoms with Crippen LogP contribution in [0, 0.1) is 0 Å². The van der Waals surface area contributed by atoms with Crippen molar-refractivity contribution in [3.63, 3.8) is 0 Å². The van der Waals surface area contributed by atoms with Crippen LogP contribution in [0.2, 0.25) is 10.3 Å². The van der Waals surface area contributed by atoms with Crippen molar-refractivity contribution < 1.29 is 9.53 Å². The van der Waals surface area contributed by atoms with Gasteiger partial charge in [-0.2, -0.15) is 0 Å². The average Bonchev–Trinajstić information content (AvgIpc) is 2.25. The topological polar surface area (TPSA) is 77.2 Å². The highest BCUT2D eigenvalue weighted by molar-refractivity contribution is 6.35. The predicted octanol–water partition coefficient (Wildman–Crippen LogP) is 4.34. The number of nitrogens with zero attached hydrogens (tertiary/aromatic N) is 1. The third kappa shape index (κ3) is 6.50. The number of nitrogens with two attached hydrogens (primary N) is 1. The number of ether oxygens (including phenoxy) is 1. The SMILES string of the molecule is CC.CC(C)(C)OC(=O)Nc1cc(Cl)nc(Cl)c1N. The van der Waals surface area contributed by atoms with Gasteiger partial charge in [0.05, 0.1) is 11.4 Å². The van der Waals surface area contributed by atoms with Crippen molar-refractivity contribution in [1.82, 2.24) is 4.98 Å². The number of pyridine rings is 1. The third-order valence-corrected chi connectivity index (χ3v) is 2.10. The van der Waals surface area contributed by atoms with Crippen LogP contribution < -0.4 is 11.1 Å². The van der Waals surface area contributed by atoms with E-state index < -0.39 is 11.7 Å². The molecule has 0 aliphatic rings. The highest BCUT2D eigenvalue weighted by atomic mass is 35.5. The molecule has 1 rings (SSSR count). The fourth-order valence-corrected chi connectivity index (χ4v) is 1.44. The summed E-state index contributed by atoms with van der Waals surface area (Å²) in [5, 5.41) is 2.62. The first-order valence-corrected chi connectivity index (χ1v) is 6.56. The molecule has 0 saturated carbocycles. The molecule has 0 aromatic carbocycles. The normalized spacial score (nSPS) is 10.3. The second-order valence-electron chi connectivity index (χ2n) is 4.32. The molecule has 0 fully saturated rings. The summed E-state index contributed by atoms with van der Waals surface area (Å²) in [5.41, 5.74) is 5.45. The molecule has 0 bridgehead atoms. The summed E-state index contributed by atoms with van der Waals surface area (Å²) in [5.74, 6) is 0. The van der Waals surface area contributed by atoms with Crippen molar-refractivity contribution in [3.05, 3.63) is 16.4 Å². The van der Waals surface area contributed by atoms with Crippen molar-refractivity contribution in [2.45, 2.75) is 40.2 Å². The van der Waals surface area contributed by atoms with E-state index >= 15 is 0 Å². The molecule has 19 heavy (non-hydrogen) atoms. The fourth-order valence-electron chi connectivity index (χ4n) is 1.01. The number of amides is 1. The number of nitrogen functional groups attached to an aromatic ring is 1. The van der Waals surface area contributed by atoms with Gasteiger partial charge in [-0.1, -0.05) is 37.0 Å². The van der Waals surface area contributed by atoms with Crippen LogP contribution in [-0.4, -0.2) is 16.7 Å². The van der Waals surface area contributed by atoms with E-state index in [0.29, 0.717) is 0 Å². The Labute approximate surface area is 123 Å². The first-order valence-electron chi connectivity index (χ1n) is 5.80. The maximum atomic E-state index is 11.5. The molecule has 5 nitrogen and oxygen atoms in total. The van der Waals surface area contributed by atoms with Crippen LogP contribution >= 0.6 is 23.2 Å². The Kier molecular flexibility index (Phi) is 6.94. The van der Waals surface area contributed by atoms with Gasteiger partial charge in [-0.25, -0.2) is 9.78 Å². The fraction of sp³-hybridized carbons (Fsp3) is 0.500. The molecule has 1 heterocycles. The Bertz CT molecular complexity index is 445. The molecule has 1 amide bonds. The number of nitrogens with one attached hydrogen (secondary N) is 1. The van der Waals surface area contributed by atoms with E-state index in [1.165, 1.54) is 6.07 Å². The largest absolute Gasteiger partial charge is 0.444 e. The first-order chi connectivity index (χ1) is 8.69. The monoisotopic (exact) mass is 307 g/mol. The molecule has 0 aliphatic carbocycles.